The van der Waals surface area contributed by atoms with Crippen molar-refractivity contribution in [3.8, 4) is 0 Å². The third-order valence-corrected chi connectivity index (χ3v) is 4.66. The van der Waals surface area contributed by atoms with Crippen LogP contribution in [0.2, 0.25) is 0 Å². The number of hydrogen-bond acceptors (Lipinski definition) is 3. The molecule has 0 bridgehead atoms. The molecule has 2 aromatic rings. The highest BCUT2D eigenvalue weighted by molar-refractivity contribution is 5.97. The number of ketones is 1. The number of carbonyl (C=O) groups excluding carboxylic acids is 2. The summed E-state index contributed by atoms with van der Waals surface area (Å²) in [6.07, 6.45) is 0. The van der Waals surface area contributed by atoms with Crippen LogP contribution in [0.4, 0.5) is 5.69 Å². The maximum absolute atomic E-state index is 12.3. The van der Waals surface area contributed by atoms with Gasteiger partial charge < -0.3 is 5.32 Å². The summed E-state index contributed by atoms with van der Waals surface area (Å²) in [5, 5.41) is 2.92. The van der Waals surface area contributed by atoms with Gasteiger partial charge in [0.1, 0.15) is 0 Å². The van der Waals surface area contributed by atoms with Gasteiger partial charge in [-0.3, -0.25) is 14.5 Å². The van der Waals surface area contributed by atoms with Crippen LogP contribution in [0.15, 0.2) is 30.3 Å². The smallest absolute Gasteiger partial charge is 0.238 e. The van der Waals surface area contributed by atoms with Crippen molar-refractivity contribution in [3.05, 3.63) is 63.7 Å². The van der Waals surface area contributed by atoms with Crippen molar-refractivity contribution < 1.29 is 9.59 Å². The highest BCUT2D eigenvalue weighted by Crippen LogP contribution is 2.24. The molecule has 0 saturated carbocycles. The first-order valence-electron chi connectivity index (χ1n) is 8.84. The Morgan fingerprint density at radius 2 is 1.62 bits per heavy atom. The fourth-order valence-electron chi connectivity index (χ4n) is 3.42. The predicted octanol–water partition coefficient (Wildman–Crippen LogP) is 4.19. The number of nitrogens with zero attached hydrogens (tertiary/aromatic N) is 1. The molecule has 0 aliphatic heterocycles. The maximum Gasteiger partial charge on any atom is 0.238 e. The number of benzene rings is 2. The van der Waals surface area contributed by atoms with Crippen LogP contribution >= 0.6 is 0 Å². The molecule has 0 aliphatic carbocycles. The van der Waals surface area contributed by atoms with Crippen LogP contribution in [-0.4, -0.2) is 30.2 Å². The Hall–Kier alpha value is -2.46. The van der Waals surface area contributed by atoms with Gasteiger partial charge in [0.25, 0.3) is 0 Å². The van der Waals surface area contributed by atoms with Gasteiger partial charge in [0.2, 0.25) is 5.91 Å². The molecule has 4 nitrogen and oxygen atoms in total. The topological polar surface area (TPSA) is 49.4 Å². The van der Waals surface area contributed by atoms with Crippen molar-refractivity contribution >= 4 is 17.4 Å². The molecule has 138 valence electrons. The van der Waals surface area contributed by atoms with E-state index in [0.29, 0.717) is 6.54 Å². The van der Waals surface area contributed by atoms with Crippen LogP contribution in [-0.2, 0) is 11.3 Å². The van der Waals surface area contributed by atoms with E-state index in [1.165, 1.54) is 0 Å². The quantitative estimate of drug-likeness (QED) is 0.793. The molecule has 0 aromatic heterocycles. The minimum absolute atomic E-state index is 0.0504. The molecular weight excluding hydrogens is 324 g/mol. The number of carbonyl (C=O) groups is 2. The molecule has 0 aliphatic rings. The molecule has 1 amide bonds. The van der Waals surface area contributed by atoms with Crippen molar-refractivity contribution in [2.45, 2.75) is 41.2 Å². The van der Waals surface area contributed by atoms with Gasteiger partial charge in [-0.1, -0.05) is 23.8 Å². The summed E-state index contributed by atoms with van der Waals surface area (Å²) in [5.74, 6) is 0.0339. The second kappa shape index (κ2) is 8.28. The molecule has 0 fully saturated rings. The maximum atomic E-state index is 12.3. The summed E-state index contributed by atoms with van der Waals surface area (Å²) in [5.41, 5.74) is 7.05. The van der Waals surface area contributed by atoms with E-state index in [0.717, 1.165) is 39.1 Å². The van der Waals surface area contributed by atoms with E-state index < -0.39 is 0 Å². The van der Waals surface area contributed by atoms with Gasteiger partial charge in [0, 0.05) is 17.8 Å². The van der Waals surface area contributed by atoms with Gasteiger partial charge >= 0.3 is 0 Å². The summed E-state index contributed by atoms with van der Waals surface area (Å²) < 4.78 is 0. The molecular formula is C22H28N2O2. The molecule has 0 saturated heterocycles. The monoisotopic (exact) mass is 352 g/mol. The Bertz CT molecular complexity index is 823. The van der Waals surface area contributed by atoms with Crippen molar-refractivity contribution in [1.82, 2.24) is 4.90 Å². The first-order chi connectivity index (χ1) is 12.2. The van der Waals surface area contributed by atoms with Gasteiger partial charge in [0.05, 0.1) is 6.54 Å². The Kier molecular flexibility index (Phi) is 6.32. The normalized spacial score (nSPS) is 10.9. The van der Waals surface area contributed by atoms with E-state index >= 15 is 0 Å². The number of likely N-dealkylation sites (N-methyl/N-ethyl adjacent to an activating group) is 1. The zero-order chi connectivity index (χ0) is 19.4. The second-order valence-electron chi connectivity index (χ2n) is 7.13. The molecule has 2 rings (SSSR count). The first-order valence-corrected chi connectivity index (χ1v) is 8.84. The summed E-state index contributed by atoms with van der Waals surface area (Å²) in [7, 11) is 1.92. The lowest BCUT2D eigenvalue weighted by molar-refractivity contribution is -0.117. The summed E-state index contributed by atoms with van der Waals surface area (Å²) in [6.45, 7) is 10.6. The molecule has 26 heavy (non-hydrogen) atoms. The van der Waals surface area contributed by atoms with Crippen molar-refractivity contribution in [3.63, 3.8) is 0 Å². The van der Waals surface area contributed by atoms with Crippen molar-refractivity contribution in [1.29, 1.82) is 0 Å². The van der Waals surface area contributed by atoms with Crippen LogP contribution < -0.4 is 5.32 Å². The fourth-order valence-corrected chi connectivity index (χ4v) is 3.42. The molecule has 0 atom stereocenters. The molecule has 0 radical (unpaired) electrons. The van der Waals surface area contributed by atoms with E-state index in [-0.39, 0.29) is 18.2 Å². The summed E-state index contributed by atoms with van der Waals surface area (Å²) in [4.78, 5) is 26.2. The predicted molar refractivity (Wildman–Crippen MR) is 107 cm³/mol. The minimum Gasteiger partial charge on any atom is -0.325 e. The van der Waals surface area contributed by atoms with Crippen molar-refractivity contribution in [2.75, 3.05) is 18.9 Å². The van der Waals surface area contributed by atoms with E-state index in [2.05, 4.69) is 18.3 Å². The molecule has 0 spiro atoms. The van der Waals surface area contributed by atoms with Crippen LogP contribution in [0, 0.1) is 27.7 Å². The fraction of sp³-hybridized carbons (Fsp3) is 0.364. The first kappa shape index (κ1) is 19.9. The van der Waals surface area contributed by atoms with Gasteiger partial charge in [-0.25, -0.2) is 0 Å². The van der Waals surface area contributed by atoms with Crippen LogP contribution in [0.25, 0.3) is 0 Å². The zero-order valence-electron chi connectivity index (χ0n) is 16.6. The number of hydrogen-bond donors (Lipinski definition) is 1. The standard InChI is InChI=1S/C22H28N2O2/c1-14-7-9-19(10-8-14)23-21(26)13-24(6)12-20-15(2)11-16(3)22(17(20)4)18(5)25/h7-11H,12-13H2,1-6H3,(H,23,26). The lowest BCUT2D eigenvalue weighted by Crippen LogP contribution is -2.30. The number of Topliss-reactive ketones (excluding diaryl/α,β-unsaturated/α-hetero) is 1. The van der Waals surface area contributed by atoms with Crippen LogP contribution in [0.3, 0.4) is 0 Å². The number of aryl methyl sites for hydroxylation is 3. The lowest BCUT2D eigenvalue weighted by Gasteiger charge is -2.21. The Morgan fingerprint density at radius 1 is 1.00 bits per heavy atom. The molecule has 4 heteroatoms. The third kappa shape index (κ3) is 4.79. The van der Waals surface area contributed by atoms with Gasteiger partial charge in [-0.2, -0.15) is 0 Å². The van der Waals surface area contributed by atoms with E-state index in [4.69, 9.17) is 0 Å². The van der Waals surface area contributed by atoms with E-state index in [1.54, 1.807) is 6.92 Å². The number of rotatable bonds is 6. The molecule has 1 N–H and O–H groups in total. The highest BCUT2D eigenvalue weighted by Gasteiger charge is 2.16. The molecule has 0 heterocycles. The number of anilines is 1. The minimum atomic E-state index is -0.0504. The third-order valence-electron chi connectivity index (χ3n) is 4.66. The van der Waals surface area contributed by atoms with E-state index in [1.807, 2.05) is 57.0 Å². The van der Waals surface area contributed by atoms with Gasteiger partial charge in [0.15, 0.2) is 5.78 Å². The van der Waals surface area contributed by atoms with Crippen molar-refractivity contribution in [2.24, 2.45) is 0 Å². The number of amides is 1. The highest BCUT2D eigenvalue weighted by atomic mass is 16.2. The summed E-state index contributed by atoms with van der Waals surface area (Å²) in [6, 6.07) is 9.81. The zero-order valence-corrected chi connectivity index (χ0v) is 16.6. The SMILES string of the molecule is CC(=O)c1c(C)cc(C)c(CN(C)CC(=O)Nc2ccc(C)cc2)c1C. The number of nitrogens with one attached hydrogen (secondary N) is 1. The lowest BCUT2D eigenvalue weighted by atomic mass is 9.91. The second-order valence-corrected chi connectivity index (χ2v) is 7.13. The summed E-state index contributed by atoms with van der Waals surface area (Å²) >= 11 is 0. The van der Waals surface area contributed by atoms with Crippen LogP contribution in [0.1, 0.15) is 45.1 Å². The largest absolute Gasteiger partial charge is 0.325 e. The van der Waals surface area contributed by atoms with Gasteiger partial charge in [-0.05, 0) is 76.1 Å². The Balaban J connectivity index is 2.08. The van der Waals surface area contributed by atoms with Crippen LogP contribution in [0.5, 0.6) is 0 Å². The average Bonchev–Trinajstić information content (AvgIpc) is 2.53. The Morgan fingerprint density at radius 3 is 2.19 bits per heavy atom. The average molecular weight is 352 g/mol. The van der Waals surface area contributed by atoms with Gasteiger partial charge in [-0.15, -0.1) is 0 Å². The Labute approximate surface area is 156 Å². The molecule has 0 unspecified atom stereocenters. The molecule has 2 aromatic carbocycles. The van der Waals surface area contributed by atoms with E-state index in [9.17, 15) is 9.59 Å².